The molecular formula is C24H22ClNO. The maximum atomic E-state index is 13.5. The predicted octanol–water partition coefficient (Wildman–Crippen LogP) is 6.87. The minimum atomic E-state index is 0.0494. The number of benzene rings is 3. The number of rotatable bonds is 6. The molecule has 0 atom stereocenters. The standard InChI is InChI=1S/C24H22ClNO/c1-2-3-6-15-26-16-21(19-9-4-5-14-23(19)26)24(27)20-12-7-11-18-17(20)10-8-13-22(18)25/h4-5,7-14,16H,2-3,6,15H2,1H3. The number of hydrogen-bond donors (Lipinski definition) is 0. The second-order valence-corrected chi connectivity index (χ2v) is 7.34. The normalized spacial score (nSPS) is 11.3. The Morgan fingerprint density at radius 1 is 0.852 bits per heavy atom. The van der Waals surface area contributed by atoms with Gasteiger partial charge in [0.2, 0.25) is 0 Å². The molecule has 0 aliphatic heterocycles. The summed E-state index contributed by atoms with van der Waals surface area (Å²) < 4.78 is 2.22. The number of carbonyl (C=O) groups excluding carboxylic acids is 1. The summed E-state index contributed by atoms with van der Waals surface area (Å²) in [6, 6.07) is 19.6. The monoisotopic (exact) mass is 375 g/mol. The third kappa shape index (κ3) is 3.26. The highest BCUT2D eigenvalue weighted by Crippen LogP contribution is 2.30. The lowest BCUT2D eigenvalue weighted by Gasteiger charge is -2.06. The van der Waals surface area contributed by atoms with Crippen molar-refractivity contribution in [3.63, 3.8) is 0 Å². The van der Waals surface area contributed by atoms with E-state index in [9.17, 15) is 4.79 Å². The zero-order chi connectivity index (χ0) is 18.8. The minimum absolute atomic E-state index is 0.0494. The lowest BCUT2D eigenvalue weighted by molar-refractivity contribution is 0.104. The summed E-state index contributed by atoms with van der Waals surface area (Å²) in [5.41, 5.74) is 2.58. The van der Waals surface area contributed by atoms with Gasteiger partial charge in [-0.05, 0) is 23.9 Å². The first kappa shape index (κ1) is 17.8. The zero-order valence-corrected chi connectivity index (χ0v) is 16.2. The quantitative estimate of drug-likeness (QED) is 0.266. The highest BCUT2D eigenvalue weighted by molar-refractivity contribution is 6.36. The van der Waals surface area contributed by atoms with Crippen LogP contribution in [0.25, 0.3) is 21.7 Å². The van der Waals surface area contributed by atoms with E-state index in [4.69, 9.17) is 11.6 Å². The van der Waals surface area contributed by atoms with Crippen molar-refractivity contribution in [2.45, 2.75) is 32.7 Å². The molecule has 0 aliphatic rings. The molecule has 4 aromatic rings. The molecule has 1 aromatic heterocycles. The lowest BCUT2D eigenvalue weighted by Crippen LogP contribution is -2.02. The smallest absolute Gasteiger partial charge is 0.195 e. The van der Waals surface area contributed by atoms with Gasteiger partial charge < -0.3 is 4.57 Å². The highest BCUT2D eigenvalue weighted by atomic mass is 35.5. The Morgan fingerprint density at radius 3 is 2.44 bits per heavy atom. The van der Waals surface area contributed by atoms with Crippen LogP contribution in [0.5, 0.6) is 0 Å². The molecule has 0 saturated carbocycles. The van der Waals surface area contributed by atoms with Crippen molar-refractivity contribution in [3.05, 3.63) is 83.0 Å². The van der Waals surface area contributed by atoms with E-state index in [0.717, 1.165) is 40.2 Å². The van der Waals surface area contributed by atoms with Crippen LogP contribution in [0.15, 0.2) is 66.9 Å². The fourth-order valence-corrected chi connectivity index (χ4v) is 4.00. The number of nitrogens with zero attached hydrogens (tertiary/aromatic N) is 1. The van der Waals surface area contributed by atoms with Gasteiger partial charge in [0.25, 0.3) is 0 Å². The molecule has 2 nitrogen and oxygen atoms in total. The van der Waals surface area contributed by atoms with Crippen LogP contribution in [-0.2, 0) is 6.54 Å². The molecule has 1 heterocycles. The number of aromatic nitrogens is 1. The van der Waals surface area contributed by atoms with Gasteiger partial charge in [0, 0.05) is 45.2 Å². The number of hydrogen-bond acceptors (Lipinski definition) is 1. The summed E-state index contributed by atoms with van der Waals surface area (Å²) in [5, 5.41) is 3.50. The fraction of sp³-hybridized carbons (Fsp3) is 0.208. The number of unbranched alkanes of at least 4 members (excludes halogenated alkanes) is 2. The van der Waals surface area contributed by atoms with Crippen LogP contribution in [0.4, 0.5) is 0 Å². The van der Waals surface area contributed by atoms with E-state index in [1.807, 2.05) is 60.8 Å². The minimum Gasteiger partial charge on any atom is -0.347 e. The van der Waals surface area contributed by atoms with Gasteiger partial charge in [-0.25, -0.2) is 0 Å². The van der Waals surface area contributed by atoms with E-state index in [1.165, 1.54) is 12.8 Å². The summed E-state index contributed by atoms with van der Waals surface area (Å²) in [4.78, 5) is 13.5. The van der Waals surface area contributed by atoms with E-state index in [-0.39, 0.29) is 5.78 Å². The van der Waals surface area contributed by atoms with Crippen LogP contribution in [0.3, 0.4) is 0 Å². The predicted molar refractivity (Wildman–Crippen MR) is 114 cm³/mol. The van der Waals surface area contributed by atoms with Crippen LogP contribution in [0.2, 0.25) is 5.02 Å². The molecule has 4 rings (SSSR count). The van der Waals surface area contributed by atoms with Crippen molar-refractivity contribution in [2.75, 3.05) is 0 Å². The molecule has 0 amide bonds. The maximum Gasteiger partial charge on any atom is 0.195 e. The van der Waals surface area contributed by atoms with Crippen molar-refractivity contribution in [1.82, 2.24) is 4.57 Å². The van der Waals surface area contributed by atoms with E-state index in [2.05, 4.69) is 17.6 Å². The van der Waals surface area contributed by atoms with Crippen molar-refractivity contribution >= 4 is 39.1 Å². The molecule has 136 valence electrons. The van der Waals surface area contributed by atoms with Gasteiger partial charge in [-0.15, -0.1) is 0 Å². The van der Waals surface area contributed by atoms with E-state index in [1.54, 1.807) is 0 Å². The summed E-state index contributed by atoms with van der Waals surface area (Å²) in [5.74, 6) is 0.0494. The largest absolute Gasteiger partial charge is 0.347 e. The first-order valence-corrected chi connectivity index (χ1v) is 9.88. The summed E-state index contributed by atoms with van der Waals surface area (Å²) in [7, 11) is 0. The Bertz CT molecular complexity index is 1130. The third-order valence-corrected chi connectivity index (χ3v) is 5.48. The van der Waals surface area contributed by atoms with Gasteiger partial charge in [0.15, 0.2) is 5.78 Å². The van der Waals surface area contributed by atoms with Crippen molar-refractivity contribution < 1.29 is 4.79 Å². The maximum absolute atomic E-state index is 13.5. The molecule has 0 saturated heterocycles. The first-order chi connectivity index (χ1) is 13.2. The van der Waals surface area contributed by atoms with Crippen LogP contribution in [-0.4, -0.2) is 10.4 Å². The first-order valence-electron chi connectivity index (χ1n) is 9.50. The van der Waals surface area contributed by atoms with Gasteiger partial charge in [-0.1, -0.05) is 79.9 Å². The summed E-state index contributed by atoms with van der Waals surface area (Å²) in [6.07, 6.45) is 5.51. The number of halogens is 1. The van der Waals surface area contributed by atoms with Crippen molar-refractivity contribution in [2.24, 2.45) is 0 Å². The number of carbonyl (C=O) groups is 1. The van der Waals surface area contributed by atoms with Gasteiger partial charge in [-0.2, -0.15) is 0 Å². The van der Waals surface area contributed by atoms with E-state index < -0.39 is 0 Å². The molecule has 27 heavy (non-hydrogen) atoms. The second-order valence-electron chi connectivity index (χ2n) is 6.93. The molecule has 0 bridgehead atoms. The number of para-hydroxylation sites is 1. The molecule has 0 aliphatic carbocycles. The number of ketones is 1. The van der Waals surface area contributed by atoms with Crippen molar-refractivity contribution in [1.29, 1.82) is 0 Å². The summed E-state index contributed by atoms with van der Waals surface area (Å²) in [6.45, 7) is 3.14. The molecular weight excluding hydrogens is 354 g/mol. The average molecular weight is 376 g/mol. The Hall–Kier alpha value is -2.58. The van der Waals surface area contributed by atoms with E-state index >= 15 is 0 Å². The van der Waals surface area contributed by atoms with Crippen molar-refractivity contribution in [3.8, 4) is 0 Å². The Balaban J connectivity index is 1.83. The van der Waals surface area contributed by atoms with Crippen LogP contribution in [0, 0.1) is 0 Å². The zero-order valence-electron chi connectivity index (χ0n) is 15.4. The Labute approximate surface area is 164 Å². The molecule has 0 spiro atoms. The van der Waals surface area contributed by atoms with E-state index in [0.29, 0.717) is 10.6 Å². The second kappa shape index (κ2) is 7.58. The number of fused-ring (bicyclic) bond motifs is 2. The SMILES string of the molecule is CCCCCn1cc(C(=O)c2cccc3c(Cl)cccc23)c2ccccc21. The molecule has 3 aromatic carbocycles. The Kier molecular flexibility index (Phi) is 5.00. The molecule has 0 unspecified atom stereocenters. The van der Waals surface area contributed by atoms with Crippen LogP contribution in [0.1, 0.15) is 42.1 Å². The summed E-state index contributed by atoms with van der Waals surface area (Å²) >= 11 is 6.33. The molecule has 0 N–H and O–H groups in total. The Morgan fingerprint density at radius 2 is 1.59 bits per heavy atom. The molecule has 0 fully saturated rings. The topological polar surface area (TPSA) is 22.0 Å². The van der Waals surface area contributed by atoms with Gasteiger partial charge in [0.05, 0.1) is 0 Å². The number of aryl methyl sites for hydroxylation is 1. The molecule has 3 heteroatoms. The fourth-order valence-electron chi connectivity index (χ4n) is 3.76. The lowest BCUT2D eigenvalue weighted by atomic mass is 9.97. The third-order valence-electron chi connectivity index (χ3n) is 5.15. The average Bonchev–Trinajstić information content (AvgIpc) is 3.07. The molecule has 0 radical (unpaired) electrons. The van der Waals surface area contributed by atoms with Gasteiger partial charge in [-0.3, -0.25) is 4.79 Å². The van der Waals surface area contributed by atoms with Gasteiger partial charge >= 0.3 is 0 Å². The van der Waals surface area contributed by atoms with Crippen LogP contribution < -0.4 is 0 Å². The van der Waals surface area contributed by atoms with Crippen LogP contribution >= 0.6 is 11.6 Å². The highest BCUT2D eigenvalue weighted by Gasteiger charge is 2.18. The van der Waals surface area contributed by atoms with Gasteiger partial charge in [0.1, 0.15) is 0 Å².